The number of benzene rings is 3. The largest absolute Gasteiger partial charge is 0.352 e. The summed E-state index contributed by atoms with van der Waals surface area (Å²) in [6.45, 7) is 4.44. The van der Waals surface area contributed by atoms with E-state index in [4.69, 9.17) is 16.6 Å². The van der Waals surface area contributed by atoms with E-state index in [1.165, 1.54) is 0 Å². The van der Waals surface area contributed by atoms with Crippen LogP contribution < -0.4 is 10.6 Å². The molecule has 0 aliphatic carbocycles. The van der Waals surface area contributed by atoms with Gasteiger partial charge >= 0.3 is 0 Å². The Kier molecular flexibility index (Phi) is 6.75. The summed E-state index contributed by atoms with van der Waals surface area (Å²) in [6.07, 6.45) is 0.474. The van der Waals surface area contributed by atoms with Gasteiger partial charge in [0.15, 0.2) is 0 Å². The molecule has 2 amide bonds. The summed E-state index contributed by atoms with van der Waals surface area (Å²) < 4.78 is 1.90. The van der Waals surface area contributed by atoms with Crippen molar-refractivity contribution in [2.75, 3.05) is 11.9 Å². The predicted octanol–water partition coefficient (Wildman–Crippen LogP) is 4.92. The Bertz CT molecular complexity index is 1310. The zero-order chi connectivity index (χ0) is 23.4. The Balaban J connectivity index is 1.50. The fourth-order valence-electron chi connectivity index (χ4n) is 3.86. The highest BCUT2D eigenvalue weighted by Crippen LogP contribution is 2.21. The fraction of sp³-hybridized carbons (Fsp3) is 0.192. The van der Waals surface area contributed by atoms with Gasteiger partial charge in [0.2, 0.25) is 5.91 Å². The highest BCUT2D eigenvalue weighted by atomic mass is 35.5. The van der Waals surface area contributed by atoms with Crippen LogP contribution >= 0.6 is 11.6 Å². The SMILES string of the molecule is Cc1cccc(C)c1NC(=O)Cn1c(CCNC(=O)c2ccccc2Cl)nc2ccccc21. The summed E-state index contributed by atoms with van der Waals surface area (Å²) in [5.41, 5.74) is 4.98. The average molecular weight is 461 g/mol. The van der Waals surface area contributed by atoms with Gasteiger partial charge in [-0.2, -0.15) is 0 Å². The summed E-state index contributed by atoms with van der Waals surface area (Å²) in [6, 6.07) is 20.5. The van der Waals surface area contributed by atoms with E-state index in [0.29, 0.717) is 23.6 Å². The second-order valence-electron chi connectivity index (χ2n) is 7.90. The first kappa shape index (κ1) is 22.6. The first-order chi connectivity index (χ1) is 15.9. The quantitative estimate of drug-likeness (QED) is 0.411. The Morgan fingerprint density at radius 2 is 1.64 bits per heavy atom. The first-order valence-electron chi connectivity index (χ1n) is 10.8. The number of halogens is 1. The highest BCUT2D eigenvalue weighted by Gasteiger charge is 2.16. The van der Waals surface area contributed by atoms with Crippen LogP contribution in [0, 0.1) is 13.8 Å². The monoisotopic (exact) mass is 460 g/mol. The minimum Gasteiger partial charge on any atom is -0.352 e. The number of nitrogens with one attached hydrogen (secondary N) is 2. The number of para-hydroxylation sites is 3. The molecular weight excluding hydrogens is 436 g/mol. The van der Waals surface area contributed by atoms with E-state index in [0.717, 1.165) is 33.7 Å². The molecule has 1 aromatic heterocycles. The molecule has 0 saturated carbocycles. The van der Waals surface area contributed by atoms with Crippen molar-refractivity contribution in [2.45, 2.75) is 26.8 Å². The molecule has 0 unspecified atom stereocenters. The van der Waals surface area contributed by atoms with Gasteiger partial charge < -0.3 is 15.2 Å². The Labute approximate surface area is 197 Å². The van der Waals surface area contributed by atoms with Crippen LogP contribution in [0.3, 0.4) is 0 Å². The molecule has 3 aromatic carbocycles. The predicted molar refractivity (Wildman–Crippen MR) is 132 cm³/mol. The molecule has 0 saturated heterocycles. The van der Waals surface area contributed by atoms with Gasteiger partial charge in [0.1, 0.15) is 12.4 Å². The summed E-state index contributed by atoms with van der Waals surface area (Å²) in [5, 5.41) is 6.34. The molecule has 2 N–H and O–H groups in total. The van der Waals surface area contributed by atoms with Crippen LogP contribution in [0.5, 0.6) is 0 Å². The second kappa shape index (κ2) is 9.88. The number of aromatic nitrogens is 2. The van der Waals surface area contributed by atoms with E-state index in [1.54, 1.807) is 24.3 Å². The van der Waals surface area contributed by atoms with Crippen molar-refractivity contribution in [3.63, 3.8) is 0 Å². The molecule has 0 radical (unpaired) electrons. The van der Waals surface area contributed by atoms with Gasteiger partial charge in [-0.3, -0.25) is 9.59 Å². The van der Waals surface area contributed by atoms with Crippen LogP contribution in [0.4, 0.5) is 5.69 Å². The topological polar surface area (TPSA) is 76.0 Å². The molecule has 1 heterocycles. The standard InChI is InChI=1S/C26H25ClN4O2/c1-17-8-7-9-18(2)25(17)30-24(32)16-31-22-13-6-5-12-21(22)29-23(31)14-15-28-26(33)19-10-3-4-11-20(19)27/h3-13H,14-16H2,1-2H3,(H,28,33)(H,30,32). The molecule has 168 valence electrons. The number of aryl methyl sites for hydroxylation is 2. The molecule has 4 rings (SSSR count). The average Bonchev–Trinajstić information content (AvgIpc) is 3.14. The number of rotatable bonds is 7. The van der Waals surface area contributed by atoms with Crippen LogP contribution in [0.2, 0.25) is 5.02 Å². The number of hydrogen-bond donors (Lipinski definition) is 2. The Hall–Kier alpha value is -3.64. The van der Waals surface area contributed by atoms with Crippen molar-refractivity contribution in [1.82, 2.24) is 14.9 Å². The number of carbonyl (C=O) groups excluding carboxylic acids is 2. The molecular formula is C26H25ClN4O2. The maximum atomic E-state index is 12.9. The fourth-order valence-corrected chi connectivity index (χ4v) is 4.08. The highest BCUT2D eigenvalue weighted by molar-refractivity contribution is 6.33. The molecule has 0 fully saturated rings. The molecule has 4 aromatic rings. The molecule has 0 atom stereocenters. The number of imidazole rings is 1. The third kappa shape index (κ3) is 5.07. The zero-order valence-electron chi connectivity index (χ0n) is 18.6. The van der Waals surface area contributed by atoms with E-state index < -0.39 is 0 Å². The van der Waals surface area contributed by atoms with Crippen LogP contribution in [-0.2, 0) is 17.8 Å². The van der Waals surface area contributed by atoms with Gasteiger partial charge in [0.05, 0.1) is 21.6 Å². The van der Waals surface area contributed by atoms with Crippen molar-refractivity contribution in [1.29, 1.82) is 0 Å². The van der Waals surface area contributed by atoms with Crippen molar-refractivity contribution < 1.29 is 9.59 Å². The van der Waals surface area contributed by atoms with Crippen LogP contribution in [-0.4, -0.2) is 27.9 Å². The first-order valence-corrected chi connectivity index (χ1v) is 11.1. The second-order valence-corrected chi connectivity index (χ2v) is 8.31. The van der Waals surface area contributed by atoms with Gasteiger partial charge in [-0.1, -0.05) is 54.1 Å². The van der Waals surface area contributed by atoms with E-state index in [1.807, 2.05) is 60.9 Å². The van der Waals surface area contributed by atoms with Gasteiger partial charge in [-0.15, -0.1) is 0 Å². The van der Waals surface area contributed by atoms with E-state index in [2.05, 4.69) is 10.6 Å². The van der Waals surface area contributed by atoms with Crippen molar-refractivity contribution in [3.05, 3.63) is 94.3 Å². The lowest BCUT2D eigenvalue weighted by Gasteiger charge is -2.14. The van der Waals surface area contributed by atoms with Crippen LogP contribution in [0.15, 0.2) is 66.7 Å². The summed E-state index contributed by atoms with van der Waals surface area (Å²) in [5.74, 6) is 0.361. The zero-order valence-corrected chi connectivity index (χ0v) is 19.3. The molecule has 0 spiro atoms. The molecule has 6 nitrogen and oxygen atoms in total. The smallest absolute Gasteiger partial charge is 0.252 e. The van der Waals surface area contributed by atoms with E-state index >= 15 is 0 Å². The van der Waals surface area contributed by atoms with Crippen molar-refractivity contribution in [3.8, 4) is 0 Å². The summed E-state index contributed by atoms with van der Waals surface area (Å²) in [7, 11) is 0. The lowest BCUT2D eigenvalue weighted by molar-refractivity contribution is -0.116. The van der Waals surface area contributed by atoms with Gasteiger partial charge in [-0.05, 0) is 49.2 Å². The summed E-state index contributed by atoms with van der Waals surface area (Å²) >= 11 is 6.12. The number of fused-ring (bicyclic) bond motifs is 1. The molecule has 33 heavy (non-hydrogen) atoms. The Morgan fingerprint density at radius 1 is 0.939 bits per heavy atom. The van der Waals surface area contributed by atoms with Crippen LogP contribution in [0.25, 0.3) is 11.0 Å². The molecule has 0 bridgehead atoms. The molecule has 7 heteroatoms. The third-order valence-corrected chi connectivity index (χ3v) is 5.86. The van der Waals surface area contributed by atoms with E-state index in [9.17, 15) is 9.59 Å². The summed E-state index contributed by atoms with van der Waals surface area (Å²) in [4.78, 5) is 30.1. The van der Waals surface area contributed by atoms with Crippen LogP contribution in [0.1, 0.15) is 27.3 Å². The lowest BCUT2D eigenvalue weighted by Crippen LogP contribution is -2.27. The minimum absolute atomic E-state index is 0.127. The van der Waals surface area contributed by atoms with Gasteiger partial charge in [-0.25, -0.2) is 4.98 Å². The maximum Gasteiger partial charge on any atom is 0.252 e. The van der Waals surface area contributed by atoms with Crippen molar-refractivity contribution >= 4 is 40.1 Å². The number of amides is 2. The Morgan fingerprint density at radius 3 is 2.39 bits per heavy atom. The lowest BCUT2D eigenvalue weighted by atomic mass is 10.1. The number of carbonyl (C=O) groups is 2. The number of anilines is 1. The minimum atomic E-state index is -0.240. The van der Waals surface area contributed by atoms with Gasteiger partial charge in [0.25, 0.3) is 5.91 Å². The van der Waals surface area contributed by atoms with Gasteiger partial charge in [0, 0.05) is 18.7 Å². The number of hydrogen-bond acceptors (Lipinski definition) is 3. The third-order valence-electron chi connectivity index (χ3n) is 5.53. The number of nitrogens with zero attached hydrogens (tertiary/aromatic N) is 2. The normalized spacial score (nSPS) is 10.9. The maximum absolute atomic E-state index is 12.9. The molecule has 0 aliphatic rings. The van der Waals surface area contributed by atoms with Crippen molar-refractivity contribution in [2.24, 2.45) is 0 Å². The molecule has 0 aliphatic heterocycles. The van der Waals surface area contributed by atoms with E-state index in [-0.39, 0.29) is 18.4 Å².